The van der Waals surface area contributed by atoms with Crippen LogP contribution in [-0.2, 0) is 21.6 Å². The number of esters is 1. The molecule has 0 aliphatic carbocycles. The number of hydrogen-bond donors (Lipinski definition) is 1. The van der Waals surface area contributed by atoms with Crippen LogP contribution in [0.2, 0.25) is 0 Å². The lowest BCUT2D eigenvalue weighted by atomic mass is 9.87. The molecule has 0 spiro atoms. The molecular formula is C26H25NO5. The normalized spacial score (nSPS) is 17.2. The summed E-state index contributed by atoms with van der Waals surface area (Å²) in [4.78, 5) is 28.6. The summed E-state index contributed by atoms with van der Waals surface area (Å²) in [5.41, 5.74) is 0.564. The van der Waals surface area contributed by atoms with Crippen LogP contribution >= 0.6 is 0 Å². The standard InChI is InChI=1S/C26H25NO5/c1-3-15-27-22-12-8-7-11-21(22)26(25(27)30,32-24(29)18-9-5-4-6-10-18)17-19-13-14-20(31-2)16-23(19)28/h4-14,16,28H,3,15,17H2,1-2H3. The SMILES string of the molecule is CCCN1C(=O)C(Cc2ccc(OC)cc2O)(OC(=O)c2ccccc2)c2ccccc21. The lowest BCUT2D eigenvalue weighted by Gasteiger charge is -2.29. The van der Waals surface area contributed by atoms with Gasteiger partial charge in [0.25, 0.3) is 5.91 Å². The van der Waals surface area contributed by atoms with Gasteiger partial charge in [-0.05, 0) is 36.2 Å². The first-order valence-corrected chi connectivity index (χ1v) is 10.6. The van der Waals surface area contributed by atoms with Crippen molar-refractivity contribution >= 4 is 17.6 Å². The molecule has 0 bridgehead atoms. The lowest BCUT2D eigenvalue weighted by Crippen LogP contribution is -2.45. The molecule has 1 unspecified atom stereocenters. The number of carbonyl (C=O) groups is 2. The van der Waals surface area contributed by atoms with Gasteiger partial charge in [0.05, 0.1) is 18.4 Å². The number of phenols is 1. The average Bonchev–Trinajstić information content (AvgIpc) is 3.04. The van der Waals surface area contributed by atoms with E-state index in [2.05, 4.69) is 0 Å². The first-order chi connectivity index (χ1) is 15.5. The van der Waals surface area contributed by atoms with Crippen LogP contribution < -0.4 is 9.64 Å². The highest BCUT2D eigenvalue weighted by molar-refractivity contribution is 6.09. The fraction of sp³-hybridized carbons (Fsp3) is 0.231. The van der Waals surface area contributed by atoms with Gasteiger partial charge in [0, 0.05) is 24.6 Å². The molecule has 0 saturated heterocycles. The third kappa shape index (κ3) is 3.68. The van der Waals surface area contributed by atoms with Gasteiger partial charge in [-0.2, -0.15) is 0 Å². The topological polar surface area (TPSA) is 76.1 Å². The van der Waals surface area contributed by atoms with E-state index in [4.69, 9.17) is 9.47 Å². The molecule has 1 N–H and O–H groups in total. The molecule has 3 aromatic rings. The zero-order chi connectivity index (χ0) is 22.7. The second kappa shape index (κ2) is 8.75. The number of fused-ring (bicyclic) bond motifs is 1. The van der Waals surface area contributed by atoms with Crippen molar-refractivity contribution in [1.29, 1.82) is 0 Å². The zero-order valence-corrected chi connectivity index (χ0v) is 18.1. The highest BCUT2D eigenvalue weighted by Gasteiger charge is 2.54. The van der Waals surface area contributed by atoms with E-state index in [-0.39, 0.29) is 18.1 Å². The maximum Gasteiger partial charge on any atom is 0.339 e. The number of rotatable bonds is 7. The molecule has 0 fully saturated rings. The van der Waals surface area contributed by atoms with Crippen molar-refractivity contribution in [2.24, 2.45) is 0 Å². The molecule has 6 nitrogen and oxygen atoms in total. The van der Waals surface area contributed by atoms with Gasteiger partial charge in [0.1, 0.15) is 11.5 Å². The summed E-state index contributed by atoms with van der Waals surface area (Å²) in [5.74, 6) is -0.453. The van der Waals surface area contributed by atoms with Gasteiger partial charge in [0.2, 0.25) is 5.60 Å². The van der Waals surface area contributed by atoms with E-state index in [0.717, 1.165) is 6.42 Å². The highest BCUT2D eigenvalue weighted by Crippen LogP contribution is 2.46. The molecule has 0 radical (unpaired) electrons. The summed E-state index contributed by atoms with van der Waals surface area (Å²) >= 11 is 0. The van der Waals surface area contributed by atoms with Crippen molar-refractivity contribution in [2.75, 3.05) is 18.6 Å². The number of phenolic OH excluding ortho intramolecular Hbond substituents is 1. The summed E-state index contributed by atoms with van der Waals surface area (Å²) in [6, 6.07) is 20.8. The molecule has 0 aromatic heterocycles. The second-order valence-corrected chi connectivity index (χ2v) is 7.73. The van der Waals surface area contributed by atoms with Gasteiger partial charge >= 0.3 is 5.97 Å². The third-order valence-electron chi connectivity index (χ3n) is 5.68. The van der Waals surface area contributed by atoms with Crippen molar-refractivity contribution in [2.45, 2.75) is 25.4 Å². The van der Waals surface area contributed by atoms with Crippen LogP contribution in [0.15, 0.2) is 72.8 Å². The number of carbonyl (C=O) groups excluding carboxylic acids is 2. The monoisotopic (exact) mass is 431 g/mol. The number of methoxy groups -OCH3 is 1. The predicted molar refractivity (Wildman–Crippen MR) is 121 cm³/mol. The fourth-order valence-electron chi connectivity index (χ4n) is 4.12. The molecule has 164 valence electrons. The van der Waals surface area contributed by atoms with Crippen molar-refractivity contribution in [3.63, 3.8) is 0 Å². The lowest BCUT2D eigenvalue weighted by molar-refractivity contribution is -0.137. The molecule has 1 heterocycles. The van der Waals surface area contributed by atoms with Crippen LogP contribution in [0.4, 0.5) is 5.69 Å². The minimum Gasteiger partial charge on any atom is -0.508 e. The Morgan fingerprint density at radius 2 is 1.75 bits per heavy atom. The number of amides is 1. The minimum atomic E-state index is -1.59. The van der Waals surface area contributed by atoms with Crippen LogP contribution in [0.1, 0.15) is 34.8 Å². The van der Waals surface area contributed by atoms with Crippen molar-refractivity contribution < 1.29 is 24.2 Å². The van der Waals surface area contributed by atoms with Gasteiger partial charge in [-0.25, -0.2) is 4.79 Å². The molecule has 1 aliphatic rings. The number of para-hydroxylation sites is 1. The molecule has 6 heteroatoms. The molecule has 1 aliphatic heterocycles. The molecule has 4 rings (SSSR count). The predicted octanol–water partition coefficient (Wildman–Crippen LogP) is 4.45. The minimum absolute atomic E-state index is 0.00252. The Morgan fingerprint density at radius 3 is 2.44 bits per heavy atom. The van der Waals surface area contributed by atoms with Crippen LogP contribution in [0.3, 0.4) is 0 Å². The second-order valence-electron chi connectivity index (χ2n) is 7.73. The van der Waals surface area contributed by atoms with E-state index in [0.29, 0.717) is 34.7 Å². The molecule has 0 saturated carbocycles. The van der Waals surface area contributed by atoms with Gasteiger partial charge in [-0.1, -0.05) is 49.4 Å². The summed E-state index contributed by atoms with van der Waals surface area (Å²) in [6.07, 6.45) is 0.744. The Kier molecular flexibility index (Phi) is 5.86. The first kappa shape index (κ1) is 21.4. The van der Waals surface area contributed by atoms with Gasteiger partial charge < -0.3 is 19.5 Å². The summed E-state index contributed by atoms with van der Waals surface area (Å²) < 4.78 is 11.2. The van der Waals surface area contributed by atoms with E-state index in [1.807, 2.05) is 31.2 Å². The number of aromatic hydroxyl groups is 1. The average molecular weight is 431 g/mol. The molecule has 1 amide bonds. The van der Waals surface area contributed by atoms with Crippen LogP contribution in [0.25, 0.3) is 0 Å². The van der Waals surface area contributed by atoms with Crippen LogP contribution in [-0.4, -0.2) is 30.6 Å². The maximum absolute atomic E-state index is 13.8. The number of nitrogens with zero attached hydrogens (tertiary/aromatic N) is 1. The van der Waals surface area contributed by atoms with Crippen molar-refractivity contribution in [3.8, 4) is 11.5 Å². The molecule has 3 aromatic carbocycles. The smallest absolute Gasteiger partial charge is 0.339 e. The number of hydrogen-bond acceptors (Lipinski definition) is 5. The van der Waals surface area contributed by atoms with Crippen molar-refractivity contribution in [3.05, 3.63) is 89.5 Å². The van der Waals surface area contributed by atoms with E-state index in [9.17, 15) is 14.7 Å². The van der Waals surface area contributed by atoms with E-state index in [1.54, 1.807) is 47.4 Å². The fourth-order valence-corrected chi connectivity index (χ4v) is 4.12. The van der Waals surface area contributed by atoms with Gasteiger partial charge in [0.15, 0.2) is 0 Å². The summed E-state index contributed by atoms with van der Waals surface area (Å²) in [5, 5.41) is 10.6. The zero-order valence-electron chi connectivity index (χ0n) is 18.1. The third-order valence-corrected chi connectivity index (χ3v) is 5.68. The first-order valence-electron chi connectivity index (χ1n) is 10.6. The van der Waals surface area contributed by atoms with Crippen molar-refractivity contribution in [1.82, 2.24) is 0 Å². The number of benzene rings is 3. The largest absolute Gasteiger partial charge is 0.508 e. The molecule has 32 heavy (non-hydrogen) atoms. The Bertz CT molecular complexity index is 1140. The molecule has 1 atom stereocenters. The molecular weight excluding hydrogens is 406 g/mol. The summed E-state index contributed by atoms with van der Waals surface area (Å²) in [6.45, 7) is 2.48. The Morgan fingerprint density at radius 1 is 1.03 bits per heavy atom. The Hall–Kier alpha value is -3.80. The quantitative estimate of drug-likeness (QED) is 0.559. The summed E-state index contributed by atoms with van der Waals surface area (Å²) in [7, 11) is 1.51. The Balaban J connectivity index is 1.84. The van der Waals surface area contributed by atoms with Crippen LogP contribution in [0, 0.1) is 0 Å². The number of ether oxygens (including phenoxy) is 2. The van der Waals surface area contributed by atoms with E-state index < -0.39 is 11.6 Å². The number of anilines is 1. The van der Waals surface area contributed by atoms with Gasteiger partial charge in [-0.15, -0.1) is 0 Å². The van der Waals surface area contributed by atoms with E-state index in [1.165, 1.54) is 13.2 Å². The highest BCUT2D eigenvalue weighted by atomic mass is 16.6. The van der Waals surface area contributed by atoms with Crippen LogP contribution in [0.5, 0.6) is 11.5 Å². The van der Waals surface area contributed by atoms with Gasteiger partial charge in [-0.3, -0.25) is 4.79 Å². The Labute approximate surface area is 187 Å². The maximum atomic E-state index is 13.8. The van der Waals surface area contributed by atoms with E-state index >= 15 is 0 Å².